The van der Waals surface area contributed by atoms with Crippen LogP contribution in [0.25, 0.3) is 0 Å². The summed E-state index contributed by atoms with van der Waals surface area (Å²) in [6.07, 6.45) is 0.442. The van der Waals surface area contributed by atoms with Crippen molar-refractivity contribution in [1.82, 2.24) is 10.9 Å². The fourth-order valence-electron chi connectivity index (χ4n) is 2.41. The first-order chi connectivity index (χ1) is 11.1. The standard InChI is InChI=1S/C16H20N2O5/c1-2-23-15(21)16(8-10-22-11-9-16)14(20)18-17-13(19)12-6-4-3-5-7-12/h3-7H,2,8-11H2,1H3,(H,17,19)(H,18,20). The summed E-state index contributed by atoms with van der Waals surface area (Å²) in [5.74, 6) is -1.62. The maximum Gasteiger partial charge on any atom is 0.321 e. The quantitative estimate of drug-likeness (QED) is 0.486. The summed E-state index contributed by atoms with van der Waals surface area (Å²) in [6.45, 7) is 2.45. The van der Waals surface area contributed by atoms with Gasteiger partial charge in [-0.3, -0.25) is 25.2 Å². The number of nitrogens with one attached hydrogen (secondary N) is 2. The minimum Gasteiger partial charge on any atom is -0.465 e. The van der Waals surface area contributed by atoms with E-state index in [0.29, 0.717) is 18.8 Å². The van der Waals surface area contributed by atoms with Gasteiger partial charge in [0.25, 0.3) is 11.8 Å². The second kappa shape index (κ2) is 7.73. The van der Waals surface area contributed by atoms with Crippen LogP contribution in [0, 0.1) is 5.41 Å². The van der Waals surface area contributed by atoms with Crippen LogP contribution in [0.1, 0.15) is 30.1 Å². The van der Waals surface area contributed by atoms with Crippen LogP contribution in [0.2, 0.25) is 0 Å². The van der Waals surface area contributed by atoms with E-state index in [1.165, 1.54) is 0 Å². The van der Waals surface area contributed by atoms with Crippen LogP contribution in [-0.4, -0.2) is 37.6 Å². The van der Waals surface area contributed by atoms with Gasteiger partial charge in [-0.15, -0.1) is 0 Å². The lowest BCUT2D eigenvalue weighted by Crippen LogP contribution is -2.55. The van der Waals surface area contributed by atoms with E-state index < -0.39 is 23.2 Å². The van der Waals surface area contributed by atoms with Gasteiger partial charge < -0.3 is 9.47 Å². The first-order valence-corrected chi connectivity index (χ1v) is 7.51. The average molecular weight is 320 g/mol. The fourth-order valence-corrected chi connectivity index (χ4v) is 2.41. The Hall–Kier alpha value is -2.41. The first kappa shape index (κ1) is 17.0. The summed E-state index contributed by atoms with van der Waals surface area (Å²) >= 11 is 0. The van der Waals surface area contributed by atoms with Gasteiger partial charge in [0.15, 0.2) is 5.41 Å². The highest BCUT2D eigenvalue weighted by atomic mass is 16.5. The van der Waals surface area contributed by atoms with E-state index in [9.17, 15) is 14.4 Å². The van der Waals surface area contributed by atoms with Crippen LogP contribution < -0.4 is 10.9 Å². The number of hydrogen-bond acceptors (Lipinski definition) is 5. The van der Waals surface area contributed by atoms with Crippen molar-refractivity contribution in [2.24, 2.45) is 5.41 Å². The number of carbonyl (C=O) groups excluding carboxylic acids is 3. The normalized spacial score (nSPS) is 16.2. The molecule has 1 aliphatic heterocycles. The molecule has 1 aliphatic rings. The van der Waals surface area contributed by atoms with E-state index in [4.69, 9.17) is 9.47 Å². The van der Waals surface area contributed by atoms with Gasteiger partial charge >= 0.3 is 5.97 Å². The van der Waals surface area contributed by atoms with Crippen molar-refractivity contribution < 1.29 is 23.9 Å². The van der Waals surface area contributed by atoms with Crippen molar-refractivity contribution in [3.8, 4) is 0 Å². The molecule has 7 nitrogen and oxygen atoms in total. The van der Waals surface area contributed by atoms with Crippen molar-refractivity contribution >= 4 is 17.8 Å². The van der Waals surface area contributed by atoms with Crippen LogP contribution in [0.3, 0.4) is 0 Å². The molecule has 2 rings (SSSR count). The largest absolute Gasteiger partial charge is 0.465 e. The molecule has 1 fully saturated rings. The molecule has 0 unspecified atom stereocenters. The van der Waals surface area contributed by atoms with Gasteiger partial charge in [-0.05, 0) is 31.9 Å². The van der Waals surface area contributed by atoms with Crippen LogP contribution in [0.15, 0.2) is 30.3 Å². The smallest absolute Gasteiger partial charge is 0.321 e. The molecule has 7 heteroatoms. The van der Waals surface area contributed by atoms with E-state index in [-0.39, 0.29) is 19.4 Å². The molecule has 0 radical (unpaired) electrons. The summed E-state index contributed by atoms with van der Waals surface area (Å²) in [6, 6.07) is 8.46. The molecule has 0 aliphatic carbocycles. The maximum atomic E-state index is 12.5. The van der Waals surface area contributed by atoms with Crippen molar-refractivity contribution in [3.05, 3.63) is 35.9 Å². The van der Waals surface area contributed by atoms with Crippen molar-refractivity contribution in [2.45, 2.75) is 19.8 Å². The molecule has 1 saturated heterocycles. The average Bonchev–Trinajstić information content (AvgIpc) is 2.60. The molecule has 2 N–H and O–H groups in total. The minimum atomic E-state index is -1.32. The van der Waals surface area contributed by atoms with Crippen LogP contribution >= 0.6 is 0 Å². The molecule has 1 aromatic carbocycles. The summed E-state index contributed by atoms with van der Waals surface area (Å²) in [5.41, 5.74) is 3.75. The number of carbonyl (C=O) groups is 3. The molecule has 0 aromatic heterocycles. The molecule has 23 heavy (non-hydrogen) atoms. The lowest BCUT2D eigenvalue weighted by atomic mass is 9.79. The summed E-state index contributed by atoms with van der Waals surface area (Å²) < 4.78 is 10.3. The highest BCUT2D eigenvalue weighted by molar-refractivity contribution is 6.04. The first-order valence-electron chi connectivity index (χ1n) is 7.51. The van der Waals surface area contributed by atoms with Crippen LogP contribution in [0.4, 0.5) is 0 Å². The number of rotatable bonds is 4. The number of hydrogen-bond donors (Lipinski definition) is 2. The topological polar surface area (TPSA) is 93.7 Å². The molecule has 0 atom stereocenters. The van der Waals surface area contributed by atoms with E-state index in [1.54, 1.807) is 37.3 Å². The van der Waals surface area contributed by atoms with Crippen molar-refractivity contribution in [2.75, 3.05) is 19.8 Å². The van der Waals surface area contributed by atoms with Gasteiger partial charge in [0.2, 0.25) is 0 Å². The van der Waals surface area contributed by atoms with E-state index in [2.05, 4.69) is 10.9 Å². The molecular formula is C16H20N2O5. The number of amides is 2. The third-order valence-corrected chi connectivity index (χ3v) is 3.77. The third-order valence-electron chi connectivity index (χ3n) is 3.77. The van der Waals surface area contributed by atoms with Gasteiger partial charge in [-0.25, -0.2) is 0 Å². The predicted octanol–water partition coefficient (Wildman–Crippen LogP) is 0.807. The number of hydrazine groups is 1. The van der Waals surface area contributed by atoms with Gasteiger partial charge in [-0.2, -0.15) is 0 Å². The lowest BCUT2D eigenvalue weighted by Gasteiger charge is -2.33. The van der Waals surface area contributed by atoms with Crippen LogP contribution in [-0.2, 0) is 19.1 Å². The highest BCUT2D eigenvalue weighted by Gasteiger charge is 2.48. The second-order valence-corrected chi connectivity index (χ2v) is 5.19. The third kappa shape index (κ3) is 3.87. The summed E-state index contributed by atoms with van der Waals surface area (Å²) in [5, 5.41) is 0. The Morgan fingerprint density at radius 1 is 1.13 bits per heavy atom. The van der Waals surface area contributed by atoms with Crippen molar-refractivity contribution in [3.63, 3.8) is 0 Å². The summed E-state index contributed by atoms with van der Waals surface area (Å²) in [7, 11) is 0. The predicted molar refractivity (Wildman–Crippen MR) is 81.2 cm³/mol. The fraction of sp³-hybridized carbons (Fsp3) is 0.438. The Bertz CT molecular complexity index is 567. The molecule has 2 amide bonds. The molecule has 1 aromatic rings. The zero-order valence-electron chi connectivity index (χ0n) is 13.0. The molecule has 0 bridgehead atoms. The zero-order chi connectivity index (χ0) is 16.7. The Balaban J connectivity index is 2.03. The molecule has 0 saturated carbocycles. The number of ether oxygens (including phenoxy) is 2. The molecule has 1 heterocycles. The molecule has 0 spiro atoms. The van der Waals surface area contributed by atoms with E-state index in [1.807, 2.05) is 0 Å². The number of esters is 1. The Morgan fingerprint density at radius 2 is 1.78 bits per heavy atom. The summed E-state index contributed by atoms with van der Waals surface area (Å²) in [4.78, 5) is 36.7. The monoisotopic (exact) mass is 320 g/mol. The number of benzene rings is 1. The lowest BCUT2D eigenvalue weighted by molar-refractivity contribution is -0.167. The molecule has 124 valence electrons. The van der Waals surface area contributed by atoms with E-state index >= 15 is 0 Å². The van der Waals surface area contributed by atoms with Crippen molar-refractivity contribution in [1.29, 1.82) is 0 Å². The zero-order valence-corrected chi connectivity index (χ0v) is 13.0. The van der Waals surface area contributed by atoms with Gasteiger partial charge in [-0.1, -0.05) is 18.2 Å². The van der Waals surface area contributed by atoms with Gasteiger partial charge in [0.1, 0.15) is 0 Å². The van der Waals surface area contributed by atoms with Crippen LogP contribution in [0.5, 0.6) is 0 Å². The molecular weight excluding hydrogens is 300 g/mol. The highest BCUT2D eigenvalue weighted by Crippen LogP contribution is 2.32. The van der Waals surface area contributed by atoms with Gasteiger partial charge in [0, 0.05) is 18.8 Å². The Morgan fingerprint density at radius 3 is 2.39 bits per heavy atom. The SMILES string of the molecule is CCOC(=O)C1(C(=O)NNC(=O)c2ccccc2)CCOCC1. The van der Waals surface area contributed by atoms with E-state index in [0.717, 1.165) is 0 Å². The maximum absolute atomic E-state index is 12.5. The minimum absolute atomic E-state index is 0.186. The van der Waals surface area contributed by atoms with Gasteiger partial charge in [0.05, 0.1) is 6.61 Å². The Labute approximate surface area is 134 Å². The second-order valence-electron chi connectivity index (χ2n) is 5.19. The Kier molecular flexibility index (Phi) is 5.70.